The molecule has 26 heavy (non-hydrogen) atoms. The summed E-state index contributed by atoms with van der Waals surface area (Å²) in [5.41, 5.74) is 2.43. The minimum atomic E-state index is -0.273. The molecule has 0 amide bonds. The fourth-order valence-corrected chi connectivity index (χ4v) is 4.43. The highest BCUT2D eigenvalue weighted by atomic mass is 35.5. The van der Waals surface area contributed by atoms with Gasteiger partial charge in [0.15, 0.2) is 0 Å². The first-order valence-electron chi connectivity index (χ1n) is 9.38. The molecular formula is C21H26ClN3O. The number of piperazine rings is 1. The van der Waals surface area contributed by atoms with Crippen LogP contribution in [0.25, 0.3) is 0 Å². The van der Waals surface area contributed by atoms with Crippen molar-refractivity contribution in [2.75, 3.05) is 44.2 Å². The Morgan fingerprint density at radius 3 is 2.31 bits per heavy atom. The Labute approximate surface area is 160 Å². The summed E-state index contributed by atoms with van der Waals surface area (Å²) in [5, 5.41) is 11.4. The van der Waals surface area contributed by atoms with E-state index < -0.39 is 0 Å². The van der Waals surface area contributed by atoms with Crippen LogP contribution in [0.1, 0.15) is 5.56 Å². The van der Waals surface area contributed by atoms with Crippen LogP contribution in [-0.4, -0.2) is 66.3 Å². The second-order valence-electron chi connectivity index (χ2n) is 7.29. The number of aliphatic hydroxyl groups excluding tert-OH is 1. The van der Waals surface area contributed by atoms with E-state index in [4.69, 9.17) is 11.6 Å². The van der Waals surface area contributed by atoms with Crippen molar-refractivity contribution < 1.29 is 5.11 Å². The zero-order valence-corrected chi connectivity index (χ0v) is 15.7. The molecule has 2 heterocycles. The average Bonchev–Trinajstić information content (AvgIpc) is 3.03. The van der Waals surface area contributed by atoms with Crippen LogP contribution in [0.4, 0.5) is 5.69 Å². The molecule has 2 saturated heterocycles. The van der Waals surface area contributed by atoms with Crippen molar-refractivity contribution in [3.8, 4) is 0 Å². The summed E-state index contributed by atoms with van der Waals surface area (Å²) in [5.74, 6) is 0. The van der Waals surface area contributed by atoms with Crippen molar-refractivity contribution in [2.45, 2.75) is 18.7 Å². The molecule has 4 rings (SSSR count). The maximum Gasteiger partial charge on any atom is 0.0834 e. The molecule has 2 atom stereocenters. The van der Waals surface area contributed by atoms with Crippen LogP contribution in [0.15, 0.2) is 54.6 Å². The summed E-state index contributed by atoms with van der Waals surface area (Å²) in [6, 6.07) is 18.8. The molecule has 5 heteroatoms. The Bertz CT molecular complexity index is 718. The Morgan fingerprint density at radius 2 is 1.58 bits per heavy atom. The SMILES string of the molecule is OC1CN(Cc2ccccc2)CC1N1CCN(c2ccccc2Cl)CC1. The van der Waals surface area contributed by atoms with Crippen LogP contribution >= 0.6 is 11.6 Å². The summed E-state index contributed by atoms with van der Waals surface area (Å²) in [4.78, 5) is 7.16. The van der Waals surface area contributed by atoms with Gasteiger partial charge in [0.25, 0.3) is 0 Å². The van der Waals surface area contributed by atoms with Gasteiger partial charge in [-0.1, -0.05) is 54.1 Å². The zero-order valence-electron chi connectivity index (χ0n) is 15.0. The third-order valence-electron chi connectivity index (χ3n) is 5.56. The maximum absolute atomic E-state index is 10.6. The van der Waals surface area contributed by atoms with E-state index in [9.17, 15) is 5.11 Å². The predicted octanol–water partition coefficient (Wildman–Crippen LogP) is 2.71. The van der Waals surface area contributed by atoms with Crippen LogP contribution in [0.3, 0.4) is 0 Å². The molecule has 1 N–H and O–H groups in total. The van der Waals surface area contributed by atoms with Gasteiger partial charge in [0.05, 0.1) is 16.8 Å². The first-order valence-corrected chi connectivity index (χ1v) is 9.76. The standard InChI is InChI=1S/C21H26ClN3O/c22-18-8-4-5-9-19(18)24-10-12-25(13-11-24)20-15-23(16-21(20)26)14-17-6-2-1-3-7-17/h1-9,20-21,26H,10-16H2. The Kier molecular flexibility index (Phi) is 5.46. The summed E-state index contributed by atoms with van der Waals surface area (Å²) in [6.45, 7) is 6.43. The molecule has 2 unspecified atom stereocenters. The Balaban J connectivity index is 1.34. The normalized spacial score (nSPS) is 24.9. The Hall–Kier alpha value is -1.59. The summed E-state index contributed by atoms with van der Waals surface area (Å²) in [6.07, 6.45) is -0.273. The predicted molar refractivity (Wildman–Crippen MR) is 107 cm³/mol. The van der Waals surface area contributed by atoms with Gasteiger partial charge < -0.3 is 10.0 Å². The largest absolute Gasteiger partial charge is 0.390 e. The van der Waals surface area contributed by atoms with Crippen LogP contribution < -0.4 is 4.90 Å². The van der Waals surface area contributed by atoms with Crippen molar-refractivity contribution in [1.82, 2.24) is 9.80 Å². The molecule has 0 radical (unpaired) electrons. The quantitative estimate of drug-likeness (QED) is 0.895. The lowest BCUT2D eigenvalue weighted by Crippen LogP contribution is -2.53. The van der Waals surface area contributed by atoms with E-state index in [-0.39, 0.29) is 12.1 Å². The van der Waals surface area contributed by atoms with Crippen molar-refractivity contribution in [3.05, 3.63) is 65.2 Å². The first-order chi connectivity index (χ1) is 12.7. The number of halogens is 1. The molecule has 4 nitrogen and oxygen atoms in total. The number of hydrogen-bond acceptors (Lipinski definition) is 4. The third kappa shape index (κ3) is 3.89. The second-order valence-corrected chi connectivity index (χ2v) is 7.70. The van der Waals surface area contributed by atoms with Gasteiger partial charge in [-0.05, 0) is 17.7 Å². The number of nitrogens with zero attached hydrogens (tertiary/aromatic N) is 3. The number of anilines is 1. The highest BCUT2D eigenvalue weighted by molar-refractivity contribution is 6.33. The number of para-hydroxylation sites is 1. The van der Waals surface area contributed by atoms with E-state index in [1.165, 1.54) is 5.56 Å². The van der Waals surface area contributed by atoms with Gasteiger partial charge in [-0.25, -0.2) is 0 Å². The number of aliphatic hydroxyl groups is 1. The van der Waals surface area contributed by atoms with Crippen molar-refractivity contribution >= 4 is 17.3 Å². The molecule has 2 aliphatic heterocycles. The van der Waals surface area contributed by atoms with Crippen LogP contribution in [0.5, 0.6) is 0 Å². The molecule has 2 aliphatic rings. The molecule has 2 fully saturated rings. The van der Waals surface area contributed by atoms with E-state index in [1.54, 1.807) is 0 Å². The number of rotatable bonds is 4. The highest BCUT2D eigenvalue weighted by Gasteiger charge is 2.36. The van der Waals surface area contributed by atoms with Gasteiger partial charge in [-0.3, -0.25) is 9.80 Å². The lowest BCUT2D eigenvalue weighted by Gasteiger charge is -2.40. The van der Waals surface area contributed by atoms with Gasteiger partial charge in [-0.15, -0.1) is 0 Å². The minimum absolute atomic E-state index is 0.229. The molecule has 0 aliphatic carbocycles. The number of benzene rings is 2. The smallest absolute Gasteiger partial charge is 0.0834 e. The van der Waals surface area contributed by atoms with E-state index in [0.29, 0.717) is 0 Å². The molecule has 0 aromatic heterocycles. The van der Waals surface area contributed by atoms with Gasteiger partial charge in [0.1, 0.15) is 0 Å². The van der Waals surface area contributed by atoms with E-state index in [2.05, 4.69) is 45.0 Å². The van der Waals surface area contributed by atoms with Crippen LogP contribution in [-0.2, 0) is 6.54 Å². The molecular weight excluding hydrogens is 346 g/mol. The minimum Gasteiger partial charge on any atom is -0.390 e. The van der Waals surface area contributed by atoms with Gasteiger partial charge in [0.2, 0.25) is 0 Å². The van der Waals surface area contributed by atoms with Gasteiger partial charge >= 0.3 is 0 Å². The molecule has 0 saturated carbocycles. The fraction of sp³-hybridized carbons (Fsp3) is 0.429. The van der Waals surface area contributed by atoms with E-state index in [0.717, 1.165) is 56.5 Å². The summed E-state index contributed by atoms with van der Waals surface area (Å²) < 4.78 is 0. The van der Waals surface area contributed by atoms with E-state index >= 15 is 0 Å². The summed E-state index contributed by atoms with van der Waals surface area (Å²) >= 11 is 6.34. The van der Waals surface area contributed by atoms with Crippen molar-refractivity contribution in [1.29, 1.82) is 0 Å². The molecule has 138 valence electrons. The second kappa shape index (κ2) is 7.97. The van der Waals surface area contributed by atoms with Crippen LogP contribution in [0, 0.1) is 0 Å². The third-order valence-corrected chi connectivity index (χ3v) is 5.88. The molecule has 0 bridgehead atoms. The lowest BCUT2D eigenvalue weighted by molar-refractivity contribution is 0.0791. The van der Waals surface area contributed by atoms with Crippen molar-refractivity contribution in [2.24, 2.45) is 0 Å². The molecule has 0 spiro atoms. The topological polar surface area (TPSA) is 30.0 Å². The monoisotopic (exact) mass is 371 g/mol. The first kappa shape index (κ1) is 17.8. The van der Waals surface area contributed by atoms with Gasteiger partial charge in [-0.2, -0.15) is 0 Å². The maximum atomic E-state index is 10.6. The zero-order chi connectivity index (χ0) is 17.9. The Morgan fingerprint density at radius 1 is 0.885 bits per heavy atom. The fourth-order valence-electron chi connectivity index (χ4n) is 4.18. The number of likely N-dealkylation sites (tertiary alicyclic amines) is 1. The number of hydrogen-bond donors (Lipinski definition) is 1. The summed E-state index contributed by atoms with van der Waals surface area (Å²) in [7, 11) is 0. The molecule has 2 aromatic carbocycles. The highest BCUT2D eigenvalue weighted by Crippen LogP contribution is 2.27. The number of β-amino-alcohol motifs (C(OH)–C–C–N with tert-alkyl or cyclic N) is 1. The lowest BCUT2D eigenvalue weighted by atomic mass is 10.1. The van der Waals surface area contributed by atoms with Gasteiger partial charge in [0, 0.05) is 51.9 Å². The van der Waals surface area contributed by atoms with E-state index in [1.807, 2.05) is 24.3 Å². The van der Waals surface area contributed by atoms with Crippen molar-refractivity contribution in [3.63, 3.8) is 0 Å². The average molecular weight is 372 g/mol. The van der Waals surface area contributed by atoms with Crippen LogP contribution in [0.2, 0.25) is 5.02 Å². The molecule has 2 aromatic rings.